The molecule has 0 amide bonds. The molecule has 4 heterocycles. The molecule has 3 aromatic carbocycles. The fourth-order valence-electron chi connectivity index (χ4n) is 6.64. The summed E-state index contributed by atoms with van der Waals surface area (Å²) in [6.07, 6.45) is 8.41. The number of aromatic nitrogens is 2. The van der Waals surface area contributed by atoms with Crippen LogP contribution in [0.5, 0.6) is 11.8 Å². The Labute approximate surface area is 254 Å². The molecule has 230 valence electrons. The van der Waals surface area contributed by atoms with E-state index in [1.807, 2.05) is 4.90 Å². The maximum Gasteiger partial charge on any atom is 0.318 e. The first-order valence-electron chi connectivity index (χ1n) is 14.9. The van der Waals surface area contributed by atoms with E-state index in [1.165, 1.54) is 44.2 Å². The van der Waals surface area contributed by atoms with Crippen LogP contribution in [0, 0.1) is 29.9 Å². The summed E-state index contributed by atoms with van der Waals surface area (Å²) in [6.45, 7) is 6.36. The third-order valence-corrected chi connectivity index (χ3v) is 8.63. The van der Waals surface area contributed by atoms with Gasteiger partial charge < -0.3 is 19.5 Å². The van der Waals surface area contributed by atoms with E-state index >= 15 is 4.39 Å². The number of phenolic OH excluding ortho intramolecular Hbond substituents is 1. The van der Waals surface area contributed by atoms with Crippen molar-refractivity contribution >= 4 is 27.5 Å². The van der Waals surface area contributed by atoms with Crippen LogP contribution < -0.4 is 9.64 Å². The monoisotopic (exact) mass is 604 g/mol. The minimum Gasteiger partial charge on any atom is -0.508 e. The average Bonchev–Trinajstić information content (AvgIpc) is 3.51. The number of phenols is 1. The summed E-state index contributed by atoms with van der Waals surface area (Å²) in [4.78, 5) is 13.1. The number of terminal acetylenes is 1. The Kier molecular flexibility index (Phi) is 8.52. The maximum atomic E-state index is 16.2. The Hall–Kier alpha value is -4.07. The van der Waals surface area contributed by atoms with Crippen molar-refractivity contribution in [1.82, 2.24) is 14.9 Å². The SMILES string of the molecule is C#Cc1c(F)ccc2cc(O)cc(-c3ccc4c(N5CCOCC(C)C5)nc(OC)nc4c3F)c12.FC1CC2CCCN2C1. The lowest BCUT2D eigenvalue weighted by Gasteiger charge is -2.24. The van der Waals surface area contributed by atoms with E-state index in [4.69, 9.17) is 15.9 Å². The molecule has 10 heteroatoms. The topological polar surface area (TPSA) is 71.0 Å². The van der Waals surface area contributed by atoms with Gasteiger partial charge in [-0.05, 0) is 66.9 Å². The van der Waals surface area contributed by atoms with Crippen LogP contribution in [0.25, 0.3) is 32.8 Å². The van der Waals surface area contributed by atoms with E-state index in [1.54, 1.807) is 12.1 Å². The molecule has 1 N–H and O–H groups in total. The Morgan fingerprint density at radius 3 is 2.70 bits per heavy atom. The van der Waals surface area contributed by atoms with E-state index in [9.17, 15) is 13.9 Å². The molecule has 3 aliphatic rings. The fraction of sp³-hybridized carbons (Fsp3) is 0.412. The molecule has 3 unspecified atom stereocenters. The predicted octanol–water partition coefficient (Wildman–Crippen LogP) is 6.09. The fourth-order valence-corrected chi connectivity index (χ4v) is 6.64. The van der Waals surface area contributed by atoms with Crippen LogP contribution in [0.4, 0.5) is 19.0 Å². The van der Waals surface area contributed by atoms with Crippen LogP contribution in [0.2, 0.25) is 0 Å². The number of rotatable bonds is 3. The van der Waals surface area contributed by atoms with Crippen LogP contribution in [0.15, 0.2) is 36.4 Å². The number of methoxy groups -OCH3 is 1. The summed E-state index contributed by atoms with van der Waals surface area (Å²) in [6, 6.07) is 9.51. The molecule has 0 bridgehead atoms. The highest BCUT2D eigenvalue weighted by Gasteiger charge is 2.34. The summed E-state index contributed by atoms with van der Waals surface area (Å²) in [5, 5.41) is 11.7. The molecule has 0 saturated carbocycles. The van der Waals surface area contributed by atoms with Crippen LogP contribution >= 0.6 is 0 Å². The lowest BCUT2D eigenvalue weighted by Crippen LogP contribution is -2.30. The number of halogens is 3. The minimum atomic E-state index is -0.650. The van der Waals surface area contributed by atoms with Gasteiger partial charge in [0.2, 0.25) is 0 Å². The zero-order valence-electron chi connectivity index (χ0n) is 24.8. The van der Waals surface area contributed by atoms with Crippen molar-refractivity contribution in [2.24, 2.45) is 5.92 Å². The van der Waals surface area contributed by atoms with Crippen molar-refractivity contribution in [3.63, 3.8) is 0 Å². The van der Waals surface area contributed by atoms with E-state index < -0.39 is 17.8 Å². The van der Waals surface area contributed by atoms with E-state index in [0.29, 0.717) is 60.9 Å². The average molecular weight is 605 g/mol. The summed E-state index contributed by atoms with van der Waals surface area (Å²) < 4.78 is 54.2. The van der Waals surface area contributed by atoms with E-state index in [-0.39, 0.29) is 39.9 Å². The second-order valence-corrected chi connectivity index (χ2v) is 11.8. The second-order valence-electron chi connectivity index (χ2n) is 11.8. The molecule has 44 heavy (non-hydrogen) atoms. The number of alkyl halides is 1. The van der Waals surface area contributed by atoms with Crippen LogP contribution in [-0.2, 0) is 4.74 Å². The molecule has 4 aromatic rings. The van der Waals surface area contributed by atoms with Gasteiger partial charge in [0, 0.05) is 42.0 Å². The van der Waals surface area contributed by atoms with Gasteiger partial charge in [-0.1, -0.05) is 25.0 Å². The van der Waals surface area contributed by atoms with Crippen molar-refractivity contribution in [3.8, 4) is 35.2 Å². The van der Waals surface area contributed by atoms with Crippen LogP contribution in [0.3, 0.4) is 0 Å². The van der Waals surface area contributed by atoms with Crippen molar-refractivity contribution in [2.45, 2.75) is 38.4 Å². The highest BCUT2D eigenvalue weighted by atomic mass is 19.1. The van der Waals surface area contributed by atoms with Gasteiger partial charge >= 0.3 is 6.01 Å². The molecule has 7 nitrogen and oxygen atoms in total. The van der Waals surface area contributed by atoms with Crippen molar-refractivity contribution in [2.75, 3.05) is 51.4 Å². The standard InChI is InChI=1S/C27H23F2N3O3.C7H12FN/c1-4-18-22(28)8-5-16-11-17(33)12-21(23(16)18)19-6-7-20-25(24(19)29)30-27(34-3)31-26(20)32-9-10-35-14-15(2)13-32;8-6-4-7-2-1-3-9(7)5-6/h1,5-8,11-12,15,33H,9-10,13-14H2,2-3H3;6-7H,1-5H2. The van der Waals surface area contributed by atoms with E-state index in [2.05, 4.69) is 27.7 Å². The quantitative estimate of drug-likeness (QED) is 0.284. The van der Waals surface area contributed by atoms with Gasteiger partial charge in [-0.15, -0.1) is 6.42 Å². The number of fused-ring (bicyclic) bond motifs is 3. The van der Waals surface area contributed by atoms with Gasteiger partial charge in [0.1, 0.15) is 29.1 Å². The Balaban J connectivity index is 0.000000323. The highest BCUT2D eigenvalue weighted by Crippen LogP contribution is 2.40. The zero-order chi connectivity index (χ0) is 31.0. The normalized spacial score (nSPS) is 21.9. The van der Waals surface area contributed by atoms with Gasteiger partial charge in [-0.2, -0.15) is 9.97 Å². The van der Waals surface area contributed by atoms with Crippen molar-refractivity contribution in [1.29, 1.82) is 0 Å². The first kappa shape index (κ1) is 30.0. The van der Waals surface area contributed by atoms with Crippen molar-refractivity contribution in [3.05, 3.63) is 53.6 Å². The largest absolute Gasteiger partial charge is 0.508 e. The third-order valence-electron chi connectivity index (χ3n) is 8.63. The summed E-state index contributed by atoms with van der Waals surface area (Å²) in [5.41, 5.74) is 0.441. The van der Waals surface area contributed by atoms with Gasteiger partial charge in [-0.25, -0.2) is 13.2 Å². The lowest BCUT2D eigenvalue weighted by molar-refractivity contribution is 0.129. The van der Waals surface area contributed by atoms with Gasteiger partial charge in [0.25, 0.3) is 0 Å². The maximum absolute atomic E-state index is 16.2. The molecule has 0 radical (unpaired) electrons. The Bertz CT molecular complexity index is 1730. The summed E-state index contributed by atoms with van der Waals surface area (Å²) >= 11 is 0. The van der Waals surface area contributed by atoms with Gasteiger partial charge in [0.15, 0.2) is 5.82 Å². The molecule has 3 saturated heterocycles. The number of benzene rings is 3. The molecule has 3 fully saturated rings. The first-order chi connectivity index (χ1) is 21.3. The number of aromatic hydroxyl groups is 1. The minimum absolute atomic E-state index is 0.00323. The smallest absolute Gasteiger partial charge is 0.318 e. The summed E-state index contributed by atoms with van der Waals surface area (Å²) in [5.74, 6) is 1.82. The van der Waals surface area contributed by atoms with Gasteiger partial charge in [-0.3, -0.25) is 4.90 Å². The predicted molar refractivity (Wildman–Crippen MR) is 165 cm³/mol. The Morgan fingerprint density at radius 2 is 1.93 bits per heavy atom. The number of anilines is 1. The van der Waals surface area contributed by atoms with E-state index in [0.717, 1.165) is 13.0 Å². The van der Waals surface area contributed by atoms with Gasteiger partial charge in [0.05, 0.1) is 25.9 Å². The molecule has 3 aliphatic heterocycles. The van der Waals surface area contributed by atoms with Crippen LogP contribution in [-0.4, -0.2) is 78.7 Å². The molecule has 7 rings (SSSR count). The highest BCUT2D eigenvalue weighted by molar-refractivity contribution is 6.04. The number of nitrogens with zero attached hydrogens (tertiary/aromatic N) is 4. The molecule has 0 spiro atoms. The number of hydrogen-bond acceptors (Lipinski definition) is 7. The lowest BCUT2D eigenvalue weighted by atomic mass is 9.93. The summed E-state index contributed by atoms with van der Waals surface area (Å²) in [7, 11) is 1.42. The molecule has 0 aliphatic carbocycles. The first-order valence-corrected chi connectivity index (χ1v) is 14.9. The van der Waals surface area contributed by atoms with Crippen molar-refractivity contribution < 1.29 is 27.8 Å². The number of ether oxygens (including phenoxy) is 2. The molecular weight excluding hydrogens is 569 g/mol. The molecular formula is C34H35F3N4O3. The zero-order valence-corrected chi connectivity index (χ0v) is 24.8. The molecule has 3 atom stereocenters. The molecule has 1 aromatic heterocycles. The Morgan fingerprint density at radius 1 is 1.09 bits per heavy atom. The third kappa shape index (κ3) is 5.74. The number of hydrogen-bond donors (Lipinski definition) is 1. The van der Waals surface area contributed by atoms with Crippen LogP contribution in [0.1, 0.15) is 31.7 Å². The second kappa shape index (κ2) is 12.5.